The Hall–Kier alpha value is -1.41. The molecule has 2 atom stereocenters. The van der Waals surface area contributed by atoms with Crippen LogP contribution in [0.2, 0.25) is 0 Å². The van der Waals surface area contributed by atoms with E-state index in [-0.39, 0.29) is 19.3 Å². The number of rotatable bonds is 2. The molecule has 0 amide bonds. The van der Waals surface area contributed by atoms with Crippen molar-refractivity contribution in [3.05, 3.63) is 35.9 Å². The van der Waals surface area contributed by atoms with Gasteiger partial charge in [-0.3, -0.25) is 5.32 Å². The molecule has 1 aromatic rings. The second-order valence-corrected chi connectivity index (χ2v) is 3.97. The van der Waals surface area contributed by atoms with Gasteiger partial charge in [0.15, 0.2) is 5.54 Å². The molecule has 0 radical (unpaired) electrons. The third-order valence-corrected chi connectivity index (χ3v) is 2.77. The molecule has 0 spiro atoms. The summed E-state index contributed by atoms with van der Waals surface area (Å²) < 4.78 is 5.39. The van der Waals surface area contributed by atoms with Crippen LogP contribution in [0.3, 0.4) is 0 Å². The maximum atomic E-state index is 9.24. The number of morpholine rings is 1. The zero-order chi connectivity index (χ0) is 11.4. The van der Waals surface area contributed by atoms with Crippen LogP contribution in [0.25, 0.3) is 0 Å². The molecule has 0 unspecified atom stereocenters. The highest BCUT2D eigenvalue weighted by atomic mass is 16.5. The van der Waals surface area contributed by atoms with Gasteiger partial charge in [0.25, 0.3) is 0 Å². The number of nitrogens with one attached hydrogen (secondary N) is 1. The van der Waals surface area contributed by atoms with Gasteiger partial charge in [-0.15, -0.1) is 0 Å². The number of nitrogens with zero attached hydrogens (tertiary/aromatic N) is 1. The van der Waals surface area contributed by atoms with E-state index >= 15 is 0 Å². The van der Waals surface area contributed by atoms with Crippen LogP contribution >= 0.6 is 0 Å². The standard InChI is InChI=1S/C12H14N2O2/c13-7-12(8-15)9-16-6-11(14-12)10-4-2-1-3-5-10/h1-5,11,14-15H,6,8-9H2/t11-,12-/m0/s1. The number of aliphatic hydroxyl groups is 1. The van der Waals surface area contributed by atoms with E-state index in [2.05, 4.69) is 11.4 Å². The zero-order valence-corrected chi connectivity index (χ0v) is 8.89. The first kappa shape index (κ1) is 11.1. The van der Waals surface area contributed by atoms with E-state index < -0.39 is 5.54 Å². The first-order valence-corrected chi connectivity index (χ1v) is 5.22. The number of ether oxygens (including phenoxy) is 1. The fourth-order valence-corrected chi connectivity index (χ4v) is 1.82. The highest BCUT2D eigenvalue weighted by molar-refractivity contribution is 5.22. The van der Waals surface area contributed by atoms with Gasteiger partial charge in [-0.05, 0) is 5.56 Å². The molecule has 1 aliphatic rings. The van der Waals surface area contributed by atoms with Gasteiger partial charge in [-0.1, -0.05) is 30.3 Å². The molecule has 2 rings (SSSR count). The number of benzene rings is 1. The molecule has 4 nitrogen and oxygen atoms in total. The number of hydrogen-bond acceptors (Lipinski definition) is 4. The van der Waals surface area contributed by atoms with Crippen molar-refractivity contribution in [2.75, 3.05) is 19.8 Å². The smallest absolute Gasteiger partial charge is 0.154 e. The van der Waals surface area contributed by atoms with Gasteiger partial charge >= 0.3 is 0 Å². The molecule has 0 bridgehead atoms. The lowest BCUT2D eigenvalue weighted by molar-refractivity contribution is -0.00185. The van der Waals surface area contributed by atoms with E-state index in [0.717, 1.165) is 5.56 Å². The Morgan fingerprint density at radius 2 is 2.25 bits per heavy atom. The minimum Gasteiger partial charge on any atom is -0.393 e. The summed E-state index contributed by atoms with van der Waals surface area (Å²) in [5.74, 6) is 0. The van der Waals surface area contributed by atoms with Crippen molar-refractivity contribution in [1.29, 1.82) is 5.26 Å². The topological polar surface area (TPSA) is 65.3 Å². The van der Waals surface area contributed by atoms with Crippen LogP contribution in [0, 0.1) is 11.3 Å². The molecular formula is C12H14N2O2. The van der Waals surface area contributed by atoms with E-state index in [9.17, 15) is 5.11 Å². The number of hydrogen-bond donors (Lipinski definition) is 2. The molecule has 1 heterocycles. The fraction of sp³-hybridized carbons (Fsp3) is 0.417. The van der Waals surface area contributed by atoms with Gasteiger partial charge in [0.2, 0.25) is 0 Å². The minimum atomic E-state index is -0.973. The molecule has 2 N–H and O–H groups in total. The van der Waals surface area contributed by atoms with E-state index in [4.69, 9.17) is 10.00 Å². The molecule has 4 heteroatoms. The van der Waals surface area contributed by atoms with Crippen molar-refractivity contribution in [3.63, 3.8) is 0 Å². The minimum absolute atomic E-state index is 0.0400. The lowest BCUT2D eigenvalue weighted by atomic mass is 9.97. The van der Waals surface area contributed by atoms with Gasteiger partial charge in [0, 0.05) is 0 Å². The predicted octanol–water partition coefficient (Wildman–Crippen LogP) is 0.602. The van der Waals surface area contributed by atoms with E-state index in [1.165, 1.54) is 0 Å². The quantitative estimate of drug-likeness (QED) is 0.763. The van der Waals surface area contributed by atoms with Crippen molar-refractivity contribution < 1.29 is 9.84 Å². The zero-order valence-electron chi connectivity index (χ0n) is 8.89. The van der Waals surface area contributed by atoms with Crippen LogP contribution in [0.4, 0.5) is 0 Å². The third kappa shape index (κ3) is 2.07. The lowest BCUT2D eigenvalue weighted by Gasteiger charge is -2.36. The number of aliphatic hydroxyl groups excluding tert-OH is 1. The van der Waals surface area contributed by atoms with Crippen molar-refractivity contribution in [1.82, 2.24) is 5.32 Å². The second-order valence-electron chi connectivity index (χ2n) is 3.97. The van der Waals surface area contributed by atoms with Gasteiger partial charge in [0.1, 0.15) is 0 Å². The van der Waals surface area contributed by atoms with Crippen LogP contribution in [0.15, 0.2) is 30.3 Å². The number of nitriles is 1. The Bertz CT molecular complexity index is 388. The third-order valence-electron chi connectivity index (χ3n) is 2.77. The molecule has 1 aromatic carbocycles. The van der Waals surface area contributed by atoms with Crippen molar-refractivity contribution in [3.8, 4) is 6.07 Å². The Labute approximate surface area is 94.5 Å². The highest BCUT2D eigenvalue weighted by Gasteiger charge is 2.36. The molecule has 84 valence electrons. The van der Waals surface area contributed by atoms with Gasteiger partial charge in [-0.2, -0.15) is 5.26 Å². The Balaban J connectivity index is 2.17. The fourth-order valence-electron chi connectivity index (χ4n) is 1.82. The Morgan fingerprint density at radius 1 is 1.50 bits per heavy atom. The summed E-state index contributed by atoms with van der Waals surface area (Å²) in [6, 6.07) is 11.8. The summed E-state index contributed by atoms with van der Waals surface area (Å²) >= 11 is 0. The lowest BCUT2D eigenvalue weighted by Crippen LogP contribution is -2.57. The van der Waals surface area contributed by atoms with Crippen LogP contribution < -0.4 is 5.32 Å². The average Bonchev–Trinajstić information content (AvgIpc) is 2.40. The summed E-state index contributed by atoms with van der Waals surface area (Å²) in [5.41, 5.74) is 0.0916. The highest BCUT2D eigenvalue weighted by Crippen LogP contribution is 2.21. The molecule has 1 fully saturated rings. The van der Waals surface area contributed by atoms with Crippen molar-refractivity contribution in [2.24, 2.45) is 0 Å². The van der Waals surface area contributed by atoms with Crippen LogP contribution in [-0.4, -0.2) is 30.5 Å². The molecule has 16 heavy (non-hydrogen) atoms. The van der Waals surface area contributed by atoms with Gasteiger partial charge in [0.05, 0.1) is 31.9 Å². The van der Waals surface area contributed by atoms with Crippen LogP contribution in [0.5, 0.6) is 0 Å². The molecule has 1 saturated heterocycles. The monoisotopic (exact) mass is 218 g/mol. The first-order chi connectivity index (χ1) is 7.79. The second kappa shape index (κ2) is 4.62. The summed E-state index contributed by atoms with van der Waals surface area (Å²) in [7, 11) is 0. The summed E-state index contributed by atoms with van der Waals surface area (Å²) in [6.45, 7) is 0.504. The molecule has 0 saturated carbocycles. The normalized spacial score (nSPS) is 29.6. The van der Waals surface area contributed by atoms with E-state index in [1.807, 2.05) is 30.3 Å². The SMILES string of the molecule is N#C[C@]1(CO)COC[C@@H](c2ccccc2)N1. The molecule has 1 aliphatic heterocycles. The van der Waals surface area contributed by atoms with Crippen molar-refractivity contribution in [2.45, 2.75) is 11.6 Å². The Kier molecular flexibility index (Phi) is 3.20. The largest absolute Gasteiger partial charge is 0.393 e. The molecular weight excluding hydrogens is 204 g/mol. The van der Waals surface area contributed by atoms with Crippen molar-refractivity contribution >= 4 is 0 Å². The molecule has 0 aliphatic carbocycles. The van der Waals surface area contributed by atoms with Gasteiger partial charge < -0.3 is 9.84 Å². The molecule has 0 aromatic heterocycles. The average molecular weight is 218 g/mol. The maximum Gasteiger partial charge on any atom is 0.154 e. The summed E-state index contributed by atoms with van der Waals surface area (Å²) in [4.78, 5) is 0. The van der Waals surface area contributed by atoms with E-state index in [1.54, 1.807) is 0 Å². The van der Waals surface area contributed by atoms with Crippen LogP contribution in [-0.2, 0) is 4.74 Å². The van der Waals surface area contributed by atoms with Gasteiger partial charge in [-0.25, -0.2) is 0 Å². The summed E-state index contributed by atoms with van der Waals surface area (Å²) in [5, 5.41) is 21.4. The summed E-state index contributed by atoms with van der Waals surface area (Å²) in [6.07, 6.45) is 0. The maximum absolute atomic E-state index is 9.24. The van der Waals surface area contributed by atoms with Crippen LogP contribution in [0.1, 0.15) is 11.6 Å². The van der Waals surface area contributed by atoms with E-state index in [0.29, 0.717) is 6.61 Å². The first-order valence-electron chi connectivity index (χ1n) is 5.22. The Morgan fingerprint density at radius 3 is 2.88 bits per heavy atom. The predicted molar refractivity (Wildman–Crippen MR) is 58.6 cm³/mol.